The normalized spacial score (nSPS) is 21.0. The standard InChI is InChI=1S/C9H9FN2O/c10-7-3-1-2-6(4-7)8-5-13-9(11)12-8/h1-4,8H,5H2,(H2,11,12)/t8-/m0/s1. The summed E-state index contributed by atoms with van der Waals surface area (Å²) in [4.78, 5) is 4.01. The quantitative estimate of drug-likeness (QED) is 0.706. The molecule has 2 rings (SSSR count). The molecule has 0 spiro atoms. The summed E-state index contributed by atoms with van der Waals surface area (Å²) in [6.07, 6.45) is 0. The van der Waals surface area contributed by atoms with Crippen LogP contribution in [-0.2, 0) is 4.74 Å². The summed E-state index contributed by atoms with van der Waals surface area (Å²) in [6.45, 7) is 0.398. The van der Waals surface area contributed by atoms with Crippen molar-refractivity contribution in [3.8, 4) is 0 Å². The molecule has 1 aliphatic rings. The number of rotatable bonds is 1. The van der Waals surface area contributed by atoms with E-state index < -0.39 is 0 Å². The number of hydrogen-bond donors (Lipinski definition) is 1. The smallest absolute Gasteiger partial charge is 0.282 e. The Bertz CT molecular complexity index is 351. The second-order valence-corrected chi connectivity index (χ2v) is 2.85. The molecule has 0 unspecified atom stereocenters. The lowest BCUT2D eigenvalue weighted by atomic mass is 10.1. The molecular weight excluding hydrogens is 171 g/mol. The van der Waals surface area contributed by atoms with Crippen LogP contribution in [0.15, 0.2) is 29.3 Å². The molecule has 0 bridgehead atoms. The summed E-state index contributed by atoms with van der Waals surface area (Å²) in [7, 11) is 0. The van der Waals surface area contributed by atoms with Gasteiger partial charge in [-0.25, -0.2) is 9.38 Å². The monoisotopic (exact) mass is 180 g/mol. The second kappa shape index (κ2) is 3.05. The third kappa shape index (κ3) is 1.61. The van der Waals surface area contributed by atoms with E-state index >= 15 is 0 Å². The Morgan fingerprint density at radius 3 is 3.00 bits per heavy atom. The number of nitrogens with zero attached hydrogens (tertiary/aromatic N) is 1. The zero-order chi connectivity index (χ0) is 9.26. The van der Waals surface area contributed by atoms with Gasteiger partial charge in [0.15, 0.2) is 0 Å². The second-order valence-electron chi connectivity index (χ2n) is 2.85. The Balaban J connectivity index is 2.26. The minimum Gasteiger partial charge on any atom is -0.463 e. The average Bonchev–Trinajstić information content (AvgIpc) is 2.52. The van der Waals surface area contributed by atoms with Crippen LogP contribution < -0.4 is 5.73 Å². The van der Waals surface area contributed by atoms with Gasteiger partial charge in [-0.1, -0.05) is 12.1 Å². The Kier molecular flexibility index (Phi) is 1.88. The van der Waals surface area contributed by atoms with E-state index in [2.05, 4.69) is 4.99 Å². The maximum atomic E-state index is 12.8. The van der Waals surface area contributed by atoms with E-state index in [1.54, 1.807) is 12.1 Å². The third-order valence-corrected chi connectivity index (χ3v) is 1.91. The highest BCUT2D eigenvalue weighted by Gasteiger charge is 2.18. The van der Waals surface area contributed by atoms with Crippen LogP contribution in [0.2, 0.25) is 0 Å². The molecule has 1 atom stereocenters. The van der Waals surface area contributed by atoms with E-state index in [9.17, 15) is 4.39 Å². The molecule has 2 N–H and O–H groups in total. The maximum Gasteiger partial charge on any atom is 0.282 e. The van der Waals surface area contributed by atoms with Crippen LogP contribution in [0.4, 0.5) is 4.39 Å². The number of nitrogens with two attached hydrogens (primary N) is 1. The van der Waals surface area contributed by atoms with Crippen molar-refractivity contribution in [3.63, 3.8) is 0 Å². The molecule has 0 radical (unpaired) electrons. The highest BCUT2D eigenvalue weighted by Crippen LogP contribution is 2.22. The minimum atomic E-state index is -0.266. The predicted molar refractivity (Wildman–Crippen MR) is 46.7 cm³/mol. The van der Waals surface area contributed by atoms with Gasteiger partial charge < -0.3 is 10.5 Å². The van der Waals surface area contributed by atoms with Gasteiger partial charge in [-0.05, 0) is 17.7 Å². The molecule has 4 heteroatoms. The molecule has 0 aliphatic carbocycles. The van der Waals surface area contributed by atoms with Crippen molar-refractivity contribution >= 4 is 6.02 Å². The number of aliphatic imine (C=N–C) groups is 1. The first-order valence-electron chi connectivity index (χ1n) is 3.97. The summed E-state index contributed by atoms with van der Waals surface area (Å²) in [5.74, 6) is -0.266. The van der Waals surface area contributed by atoms with Crippen LogP contribution >= 0.6 is 0 Å². The molecule has 13 heavy (non-hydrogen) atoms. The van der Waals surface area contributed by atoms with Gasteiger partial charge in [-0.15, -0.1) is 0 Å². The van der Waals surface area contributed by atoms with Crippen LogP contribution in [0.25, 0.3) is 0 Å². The van der Waals surface area contributed by atoms with Crippen molar-refractivity contribution in [3.05, 3.63) is 35.6 Å². The summed E-state index contributed by atoms with van der Waals surface area (Å²) >= 11 is 0. The minimum absolute atomic E-state index is 0.157. The first kappa shape index (κ1) is 8.04. The van der Waals surface area contributed by atoms with Crippen LogP contribution in [0, 0.1) is 5.82 Å². The SMILES string of the molecule is NC1=N[C@H](c2cccc(F)c2)CO1. The van der Waals surface area contributed by atoms with Crippen LogP contribution in [0.1, 0.15) is 11.6 Å². The molecule has 1 heterocycles. The highest BCUT2D eigenvalue weighted by atomic mass is 19.1. The Hall–Kier alpha value is -1.58. The molecule has 0 saturated heterocycles. The molecule has 1 aromatic rings. The van der Waals surface area contributed by atoms with E-state index in [1.807, 2.05) is 0 Å². The van der Waals surface area contributed by atoms with Crippen molar-refractivity contribution in [2.45, 2.75) is 6.04 Å². The van der Waals surface area contributed by atoms with Gasteiger partial charge in [-0.3, -0.25) is 0 Å². The summed E-state index contributed by atoms with van der Waals surface area (Å²) in [5.41, 5.74) is 6.13. The zero-order valence-corrected chi connectivity index (χ0v) is 6.90. The van der Waals surface area contributed by atoms with Crippen LogP contribution in [-0.4, -0.2) is 12.6 Å². The van der Waals surface area contributed by atoms with Gasteiger partial charge in [0.25, 0.3) is 6.02 Å². The molecule has 1 aromatic carbocycles. The van der Waals surface area contributed by atoms with E-state index in [4.69, 9.17) is 10.5 Å². The van der Waals surface area contributed by atoms with Gasteiger partial charge in [0, 0.05) is 0 Å². The Morgan fingerprint density at radius 1 is 1.54 bits per heavy atom. The number of ether oxygens (including phenoxy) is 1. The fraction of sp³-hybridized carbons (Fsp3) is 0.222. The van der Waals surface area contributed by atoms with E-state index in [1.165, 1.54) is 12.1 Å². The van der Waals surface area contributed by atoms with Gasteiger partial charge in [0.1, 0.15) is 18.5 Å². The lowest BCUT2D eigenvalue weighted by Gasteiger charge is -2.03. The average molecular weight is 180 g/mol. The molecule has 0 aromatic heterocycles. The third-order valence-electron chi connectivity index (χ3n) is 1.91. The molecule has 0 amide bonds. The van der Waals surface area contributed by atoms with Gasteiger partial charge in [0.05, 0.1) is 0 Å². The lowest BCUT2D eigenvalue weighted by Crippen LogP contribution is -2.10. The number of hydrogen-bond acceptors (Lipinski definition) is 3. The molecule has 1 aliphatic heterocycles. The van der Waals surface area contributed by atoms with Crippen molar-refractivity contribution in [2.75, 3.05) is 6.61 Å². The van der Waals surface area contributed by atoms with Gasteiger partial charge in [0.2, 0.25) is 0 Å². The maximum absolute atomic E-state index is 12.8. The van der Waals surface area contributed by atoms with Gasteiger partial charge >= 0.3 is 0 Å². The van der Waals surface area contributed by atoms with Crippen molar-refractivity contribution in [1.82, 2.24) is 0 Å². The van der Waals surface area contributed by atoms with Crippen LogP contribution in [0.3, 0.4) is 0 Å². The number of benzene rings is 1. The first-order valence-corrected chi connectivity index (χ1v) is 3.97. The largest absolute Gasteiger partial charge is 0.463 e. The lowest BCUT2D eigenvalue weighted by molar-refractivity contribution is 0.315. The molecule has 68 valence electrons. The molecular formula is C9H9FN2O. The fourth-order valence-electron chi connectivity index (χ4n) is 1.28. The molecule has 0 fully saturated rings. The van der Waals surface area contributed by atoms with Gasteiger partial charge in [-0.2, -0.15) is 0 Å². The van der Waals surface area contributed by atoms with Crippen molar-refractivity contribution in [1.29, 1.82) is 0 Å². The Morgan fingerprint density at radius 2 is 2.38 bits per heavy atom. The van der Waals surface area contributed by atoms with Crippen molar-refractivity contribution in [2.24, 2.45) is 10.7 Å². The van der Waals surface area contributed by atoms with Crippen molar-refractivity contribution < 1.29 is 9.13 Å². The first-order chi connectivity index (χ1) is 6.25. The summed E-state index contributed by atoms with van der Waals surface area (Å²) < 4.78 is 17.8. The highest BCUT2D eigenvalue weighted by molar-refractivity contribution is 5.73. The van der Waals surface area contributed by atoms with E-state index in [0.717, 1.165) is 5.56 Å². The molecule has 3 nitrogen and oxygen atoms in total. The fourth-order valence-corrected chi connectivity index (χ4v) is 1.28. The number of amidine groups is 1. The topological polar surface area (TPSA) is 47.6 Å². The predicted octanol–water partition coefficient (Wildman–Crippen LogP) is 1.21. The van der Waals surface area contributed by atoms with E-state index in [-0.39, 0.29) is 17.9 Å². The Labute approximate surface area is 75.0 Å². The number of halogens is 1. The van der Waals surface area contributed by atoms with E-state index in [0.29, 0.717) is 6.61 Å². The zero-order valence-electron chi connectivity index (χ0n) is 6.90. The summed E-state index contributed by atoms with van der Waals surface area (Å²) in [5, 5.41) is 0. The van der Waals surface area contributed by atoms with Crippen LogP contribution in [0.5, 0.6) is 0 Å². The summed E-state index contributed by atoms with van der Waals surface area (Å²) in [6, 6.07) is 6.31. The molecule has 0 saturated carbocycles.